The van der Waals surface area contributed by atoms with Crippen LogP contribution in [0, 0.1) is 0 Å². The summed E-state index contributed by atoms with van der Waals surface area (Å²) in [6.45, 7) is 0. The van der Waals surface area contributed by atoms with Gasteiger partial charge in [-0.15, -0.1) is 0 Å². The Bertz CT molecular complexity index is 1580. The highest BCUT2D eigenvalue weighted by Gasteiger charge is 2.23. The van der Waals surface area contributed by atoms with E-state index < -0.39 is 0 Å². The van der Waals surface area contributed by atoms with Crippen molar-refractivity contribution in [2.45, 2.75) is 0 Å². The maximum atomic E-state index is 3.66. The molecule has 0 aliphatic heterocycles. The molecule has 168 valence electrons. The summed E-state index contributed by atoms with van der Waals surface area (Å²) >= 11 is 3.58. The van der Waals surface area contributed by atoms with E-state index >= 15 is 0 Å². The summed E-state index contributed by atoms with van der Waals surface area (Å²) in [6.07, 6.45) is 2.13. The van der Waals surface area contributed by atoms with E-state index in [2.05, 4.69) is 159 Å². The summed E-state index contributed by atoms with van der Waals surface area (Å²) in [4.78, 5) is 6.00. The highest BCUT2D eigenvalue weighted by atomic mass is 79.9. The van der Waals surface area contributed by atoms with E-state index in [1.165, 1.54) is 33.0 Å². The van der Waals surface area contributed by atoms with Crippen molar-refractivity contribution in [2.75, 3.05) is 4.90 Å². The van der Waals surface area contributed by atoms with E-state index in [1.807, 2.05) is 0 Å². The average Bonchev–Trinajstić information content (AvgIpc) is 3.35. The Labute approximate surface area is 213 Å². The smallest absolute Gasteiger partial charge is 0.123 e. The van der Waals surface area contributed by atoms with Crippen molar-refractivity contribution in [3.8, 4) is 22.3 Å². The maximum Gasteiger partial charge on any atom is 0.123 e. The van der Waals surface area contributed by atoms with Gasteiger partial charge in [-0.2, -0.15) is 0 Å². The molecule has 5 aromatic carbocycles. The summed E-state index contributed by atoms with van der Waals surface area (Å²) in [6, 6.07) is 44.8. The molecule has 0 aliphatic carbocycles. The number of hydrogen-bond acceptors (Lipinski definition) is 1. The van der Waals surface area contributed by atoms with Crippen LogP contribution in [0.3, 0.4) is 0 Å². The Hall–Kier alpha value is -4.08. The normalized spacial score (nSPS) is 11.0. The highest BCUT2D eigenvalue weighted by Crippen LogP contribution is 2.46. The third-order valence-electron chi connectivity index (χ3n) is 6.32. The van der Waals surface area contributed by atoms with Crippen LogP contribution in [0.15, 0.2) is 138 Å². The van der Waals surface area contributed by atoms with Gasteiger partial charge in [-0.3, -0.25) is 4.90 Å². The third-order valence-corrected chi connectivity index (χ3v) is 6.85. The molecule has 0 saturated carbocycles. The first kappa shape index (κ1) is 21.5. The number of aromatic amines is 1. The lowest BCUT2D eigenvalue weighted by molar-refractivity contribution is 1.22. The van der Waals surface area contributed by atoms with Crippen molar-refractivity contribution in [2.24, 2.45) is 0 Å². The molecular weight excluding hydrogens is 492 g/mol. The fourth-order valence-electron chi connectivity index (χ4n) is 4.71. The van der Waals surface area contributed by atoms with Gasteiger partial charge in [0.05, 0.1) is 5.69 Å². The van der Waals surface area contributed by atoms with Crippen LogP contribution in [0.4, 0.5) is 17.2 Å². The monoisotopic (exact) mass is 514 g/mol. The Kier molecular flexibility index (Phi) is 5.69. The van der Waals surface area contributed by atoms with Crippen LogP contribution in [0.5, 0.6) is 0 Å². The van der Waals surface area contributed by atoms with Crippen LogP contribution in [0.1, 0.15) is 0 Å². The molecule has 0 radical (unpaired) electrons. The van der Waals surface area contributed by atoms with Crippen molar-refractivity contribution >= 4 is 43.9 Å². The Morgan fingerprint density at radius 2 is 1.23 bits per heavy atom. The van der Waals surface area contributed by atoms with E-state index in [4.69, 9.17) is 0 Å². The van der Waals surface area contributed by atoms with E-state index in [1.54, 1.807) is 0 Å². The molecule has 0 fully saturated rings. The SMILES string of the molecule is Brc1ccc(-c2c[nH]c(N(c3ccccc3)c3cccc4ccccc34)c2-c2ccccc2)cc1. The van der Waals surface area contributed by atoms with Crippen LogP contribution in [0.2, 0.25) is 0 Å². The van der Waals surface area contributed by atoms with E-state index in [0.717, 1.165) is 21.7 Å². The van der Waals surface area contributed by atoms with Crippen molar-refractivity contribution < 1.29 is 0 Å². The first-order valence-corrected chi connectivity index (χ1v) is 12.4. The number of halogens is 1. The number of benzene rings is 5. The van der Waals surface area contributed by atoms with Crippen LogP contribution in [-0.4, -0.2) is 4.98 Å². The minimum atomic E-state index is 1.04. The van der Waals surface area contributed by atoms with Crippen LogP contribution in [0.25, 0.3) is 33.0 Å². The number of nitrogens with one attached hydrogen (secondary N) is 1. The number of para-hydroxylation sites is 1. The zero-order chi connectivity index (χ0) is 23.6. The number of hydrogen-bond donors (Lipinski definition) is 1. The van der Waals surface area contributed by atoms with Gasteiger partial charge in [0.2, 0.25) is 0 Å². The molecule has 6 aromatic rings. The summed E-state index contributed by atoms with van der Waals surface area (Å²) in [5, 5.41) is 2.42. The molecule has 3 heteroatoms. The quantitative estimate of drug-likeness (QED) is 0.242. The van der Waals surface area contributed by atoms with Crippen LogP contribution < -0.4 is 4.90 Å². The molecule has 0 bridgehead atoms. The fourth-order valence-corrected chi connectivity index (χ4v) is 4.98. The standard InChI is InChI=1S/C32H23BrN2/c33-26-20-18-24(19-21-26)29-22-34-32(31(29)25-11-3-1-4-12-25)35(27-14-5-2-6-15-27)30-17-9-13-23-10-7-8-16-28(23)30/h1-22,34H. The second-order valence-corrected chi connectivity index (χ2v) is 9.38. The van der Waals surface area contributed by atoms with Gasteiger partial charge >= 0.3 is 0 Å². The lowest BCUT2D eigenvalue weighted by atomic mass is 9.97. The molecule has 0 spiro atoms. The van der Waals surface area contributed by atoms with Crippen molar-refractivity contribution in [1.29, 1.82) is 0 Å². The molecule has 1 heterocycles. The fraction of sp³-hybridized carbons (Fsp3) is 0. The average molecular weight is 515 g/mol. The predicted octanol–water partition coefficient (Wildman–Crippen LogP) is 9.73. The minimum absolute atomic E-state index is 1.04. The number of fused-ring (bicyclic) bond motifs is 1. The molecule has 0 atom stereocenters. The van der Waals surface area contributed by atoms with Crippen LogP contribution >= 0.6 is 15.9 Å². The largest absolute Gasteiger partial charge is 0.347 e. The van der Waals surface area contributed by atoms with Gasteiger partial charge in [-0.05, 0) is 46.8 Å². The molecule has 35 heavy (non-hydrogen) atoms. The molecular formula is C32H23BrN2. The van der Waals surface area contributed by atoms with Gasteiger partial charge in [-0.25, -0.2) is 0 Å². The first-order valence-electron chi connectivity index (χ1n) is 11.7. The molecule has 6 rings (SSSR count). The first-order chi connectivity index (χ1) is 17.3. The lowest BCUT2D eigenvalue weighted by Gasteiger charge is -2.27. The molecule has 0 aliphatic rings. The molecule has 1 N–H and O–H groups in total. The van der Waals surface area contributed by atoms with E-state index in [-0.39, 0.29) is 0 Å². The summed E-state index contributed by atoms with van der Waals surface area (Å²) in [5.41, 5.74) is 6.91. The number of aromatic nitrogens is 1. The maximum absolute atomic E-state index is 3.66. The van der Waals surface area contributed by atoms with Gasteiger partial charge in [0.15, 0.2) is 0 Å². The number of rotatable bonds is 5. The second-order valence-electron chi connectivity index (χ2n) is 8.47. The summed E-state index contributed by atoms with van der Waals surface area (Å²) in [7, 11) is 0. The zero-order valence-electron chi connectivity index (χ0n) is 19.0. The molecule has 0 amide bonds. The predicted molar refractivity (Wildman–Crippen MR) is 152 cm³/mol. The number of H-pyrrole nitrogens is 1. The van der Waals surface area contributed by atoms with Crippen LogP contribution in [-0.2, 0) is 0 Å². The van der Waals surface area contributed by atoms with Crippen molar-refractivity contribution in [3.63, 3.8) is 0 Å². The molecule has 1 aromatic heterocycles. The van der Waals surface area contributed by atoms with Crippen molar-refractivity contribution in [3.05, 3.63) is 138 Å². The van der Waals surface area contributed by atoms with Gasteiger partial charge in [0.25, 0.3) is 0 Å². The van der Waals surface area contributed by atoms with Gasteiger partial charge in [0, 0.05) is 32.9 Å². The number of nitrogens with zero attached hydrogens (tertiary/aromatic N) is 1. The van der Waals surface area contributed by atoms with Gasteiger partial charge < -0.3 is 4.98 Å². The zero-order valence-corrected chi connectivity index (χ0v) is 20.6. The third kappa shape index (κ3) is 4.05. The second kappa shape index (κ2) is 9.28. The topological polar surface area (TPSA) is 19.0 Å². The van der Waals surface area contributed by atoms with Crippen molar-refractivity contribution in [1.82, 2.24) is 4.98 Å². The molecule has 0 saturated heterocycles. The van der Waals surface area contributed by atoms with Gasteiger partial charge in [0.1, 0.15) is 5.82 Å². The van der Waals surface area contributed by atoms with E-state index in [0.29, 0.717) is 0 Å². The van der Waals surface area contributed by atoms with E-state index in [9.17, 15) is 0 Å². The Morgan fingerprint density at radius 1 is 0.571 bits per heavy atom. The number of anilines is 3. The highest BCUT2D eigenvalue weighted by molar-refractivity contribution is 9.10. The minimum Gasteiger partial charge on any atom is -0.347 e. The Balaban J connectivity index is 1.66. The lowest BCUT2D eigenvalue weighted by Crippen LogP contribution is -2.11. The summed E-state index contributed by atoms with van der Waals surface area (Å²) < 4.78 is 1.07. The summed E-state index contributed by atoms with van der Waals surface area (Å²) in [5.74, 6) is 1.04. The molecule has 0 unspecified atom stereocenters. The van der Waals surface area contributed by atoms with Gasteiger partial charge in [-0.1, -0.05) is 113 Å². The Morgan fingerprint density at radius 3 is 2.00 bits per heavy atom. The molecule has 2 nitrogen and oxygen atoms in total.